The lowest BCUT2D eigenvalue weighted by Gasteiger charge is -2.39. The molecule has 8 nitrogen and oxygen atoms in total. The Morgan fingerprint density at radius 1 is 1.21 bits per heavy atom. The Hall–Kier alpha value is -2.77. The minimum absolute atomic E-state index is 0.0597. The van der Waals surface area contributed by atoms with Crippen LogP contribution in [0.5, 0.6) is 5.75 Å². The number of piperidine rings is 1. The molecule has 8 heteroatoms. The average molecular weight is 400 g/mol. The first kappa shape index (κ1) is 19.5. The number of nitrogens with zero attached hydrogens (tertiary/aromatic N) is 3. The van der Waals surface area contributed by atoms with Crippen molar-refractivity contribution in [2.75, 3.05) is 38.1 Å². The number of rotatable bonds is 4. The van der Waals surface area contributed by atoms with Crippen LogP contribution in [0.15, 0.2) is 24.3 Å². The van der Waals surface area contributed by atoms with Crippen LogP contribution >= 0.6 is 0 Å². The summed E-state index contributed by atoms with van der Waals surface area (Å²) in [7, 11) is 0. The summed E-state index contributed by atoms with van der Waals surface area (Å²) >= 11 is 0. The number of hydrogen-bond donors (Lipinski definition) is 1. The molecule has 3 aliphatic rings. The molecule has 3 aliphatic heterocycles. The molecule has 156 valence electrons. The molecule has 5 amide bonds. The van der Waals surface area contributed by atoms with Gasteiger partial charge in [0.1, 0.15) is 11.8 Å². The molecule has 0 aliphatic carbocycles. The summed E-state index contributed by atoms with van der Waals surface area (Å²) in [5, 5.41) is 2.95. The van der Waals surface area contributed by atoms with Gasteiger partial charge in [0.15, 0.2) is 0 Å². The SMILES string of the molecule is CCOc1ccccc1NC(=O)N1CCC2(CC1)CC1C(=O)N(CC)C(=O)N1C2. The van der Waals surface area contributed by atoms with Crippen molar-refractivity contribution in [2.45, 2.75) is 39.2 Å². The van der Waals surface area contributed by atoms with Crippen molar-refractivity contribution in [2.24, 2.45) is 5.41 Å². The van der Waals surface area contributed by atoms with E-state index >= 15 is 0 Å². The Morgan fingerprint density at radius 3 is 2.59 bits per heavy atom. The number of imide groups is 1. The number of ether oxygens (including phenoxy) is 1. The number of benzene rings is 1. The summed E-state index contributed by atoms with van der Waals surface area (Å²) in [6, 6.07) is 6.78. The van der Waals surface area contributed by atoms with Gasteiger partial charge in [-0.25, -0.2) is 9.59 Å². The molecule has 1 unspecified atom stereocenters. The first-order chi connectivity index (χ1) is 14.0. The number of urea groups is 2. The van der Waals surface area contributed by atoms with Crippen LogP contribution in [0.25, 0.3) is 0 Å². The summed E-state index contributed by atoms with van der Waals surface area (Å²) in [5.74, 6) is 0.591. The number of likely N-dealkylation sites (tertiary alicyclic amines) is 1. The number of carbonyl (C=O) groups excluding carboxylic acids is 3. The van der Waals surface area contributed by atoms with Crippen LogP contribution in [0.2, 0.25) is 0 Å². The maximum absolute atomic E-state index is 12.7. The second-order valence-corrected chi connectivity index (χ2v) is 8.06. The van der Waals surface area contributed by atoms with Crippen LogP contribution in [-0.2, 0) is 4.79 Å². The van der Waals surface area contributed by atoms with Crippen LogP contribution < -0.4 is 10.1 Å². The van der Waals surface area contributed by atoms with Crippen molar-refractivity contribution in [3.05, 3.63) is 24.3 Å². The molecule has 0 bridgehead atoms. The Morgan fingerprint density at radius 2 is 1.93 bits per heavy atom. The van der Waals surface area contributed by atoms with Crippen molar-refractivity contribution in [3.63, 3.8) is 0 Å². The second kappa shape index (κ2) is 7.57. The largest absolute Gasteiger partial charge is 0.492 e. The quantitative estimate of drug-likeness (QED) is 0.788. The van der Waals surface area contributed by atoms with Crippen molar-refractivity contribution < 1.29 is 19.1 Å². The van der Waals surface area contributed by atoms with E-state index in [1.165, 1.54) is 4.90 Å². The average Bonchev–Trinajstić information content (AvgIpc) is 3.18. The van der Waals surface area contributed by atoms with Gasteiger partial charge >= 0.3 is 12.1 Å². The monoisotopic (exact) mass is 400 g/mol. The van der Waals surface area contributed by atoms with E-state index in [1.807, 2.05) is 38.1 Å². The fourth-order valence-corrected chi connectivity index (χ4v) is 4.79. The van der Waals surface area contributed by atoms with E-state index in [-0.39, 0.29) is 29.4 Å². The van der Waals surface area contributed by atoms with Crippen molar-refractivity contribution >= 4 is 23.7 Å². The minimum Gasteiger partial charge on any atom is -0.492 e. The highest BCUT2D eigenvalue weighted by Crippen LogP contribution is 2.46. The zero-order valence-corrected chi connectivity index (χ0v) is 17.0. The van der Waals surface area contributed by atoms with Gasteiger partial charge in [-0.05, 0) is 50.7 Å². The van der Waals surface area contributed by atoms with Gasteiger partial charge in [0.25, 0.3) is 5.91 Å². The van der Waals surface area contributed by atoms with E-state index in [0.717, 1.165) is 12.8 Å². The smallest absolute Gasteiger partial charge is 0.327 e. The van der Waals surface area contributed by atoms with Crippen molar-refractivity contribution in [1.29, 1.82) is 0 Å². The van der Waals surface area contributed by atoms with Crippen LogP contribution in [0.1, 0.15) is 33.1 Å². The van der Waals surface area contributed by atoms with E-state index < -0.39 is 0 Å². The molecule has 3 fully saturated rings. The first-order valence-electron chi connectivity index (χ1n) is 10.4. The predicted octanol–water partition coefficient (Wildman–Crippen LogP) is 2.76. The fourth-order valence-electron chi connectivity index (χ4n) is 4.79. The predicted molar refractivity (Wildman–Crippen MR) is 108 cm³/mol. The summed E-state index contributed by atoms with van der Waals surface area (Å²) in [6.45, 7) is 6.53. The number of carbonyl (C=O) groups is 3. The summed E-state index contributed by atoms with van der Waals surface area (Å²) in [4.78, 5) is 42.6. The molecule has 1 N–H and O–H groups in total. The molecule has 4 rings (SSSR count). The molecule has 0 aromatic heterocycles. The molecule has 1 atom stereocenters. The zero-order chi connectivity index (χ0) is 20.6. The molecule has 1 spiro atoms. The van der Waals surface area contributed by atoms with Gasteiger partial charge in [0, 0.05) is 26.2 Å². The lowest BCUT2D eigenvalue weighted by molar-refractivity contribution is -0.128. The Bertz CT molecular complexity index is 793. The Kier molecular flexibility index (Phi) is 5.10. The number of fused-ring (bicyclic) bond motifs is 1. The van der Waals surface area contributed by atoms with Crippen LogP contribution in [0.4, 0.5) is 15.3 Å². The molecular formula is C21H28N4O4. The van der Waals surface area contributed by atoms with Gasteiger partial charge in [-0.3, -0.25) is 9.69 Å². The van der Waals surface area contributed by atoms with E-state index in [9.17, 15) is 14.4 Å². The molecule has 1 aromatic carbocycles. The van der Waals surface area contributed by atoms with Gasteiger partial charge in [0.2, 0.25) is 0 Å². The number of amides is 5. The van der Waals surface area contributed by atoms with Gasteiger partial charge in [-0.1, -0.05) is 12.1 Å². The van der Waals surface area contributed by atoms with E-state index in [1.54, 1.807) is 9.80 Å². The van der Waals surface area contributed by atoms with Crippen molar-refractivity contribution in [1.82, 2.24) is 14.7 Å². The number of hydrogen-bond acceptors (Lipinski definition) is 4. The van der Waals surface area contributed by atoms with Crippen molar-refractivity contribution in [3.8, 4) is 5.75 Å². The highest BCUT2D eigenvalue weighted by Gasteiger charge is 2.56. The second-order valence-electron chi connectivity index (χ2n) is 8.06. The summed E-state index contributed by atoms with van der Waals surface area (Å²) in [6.07, 6.45) is 2.30. The highest BCUT2D eigenvalue weighted by molar-refractivity contribution is 6.04. The molecular weight excluding hydrogens is 372 g/mol. The lowest BCUT2D eigenvalue weighted by Crippen LogP contribution is -2.47. The number of para-hydroxylation sites is 2. The van der Waals surface area contributed by atoms with Gasteiger partial charge < -0.3 is 19.9 Å². The minimum atomic E-state index is -0.319. The van der Waals surface area contributed by atoms with E-state index in [4.69, 9.17) is 4.74 Å². The van der Waals surface area contributed by atoms with Gasteiger partial charge in [-0.2, -0.15) is 0 Å². The third kappa shape index (κ3) is 3.41. The van der Waals surface area contributed by atoms with Crippen LogP contribution in [0.3, 0.4) is 0 Å². The standard InChI is InChI=1S/C21H28N4O4/c1-3-24-18(26)16-13-21(14-25(16)20(24)28)9-11-23(12-10-21)19(27)22-15-7-5-6-8-17(15)29-4-2/h5-8,16H,3-4,9-14H2,1-2H3,(H,22,27). The topological polar surface area (TPSA) is 82.2 Å². The number of anilines is 1. The molecule has 29 heavy (non-hydrogen) atoms. The third-order valence-electron chi connectivity index (χ3n) is 6.39. The fraction of sp³-hybridized carbons (Fsp3) is 0.571. The summed E-state index contributed by atoms with van der Waals surface area (Å²) < 4.78 is 5.58. The first-order valence-corrected chi connectivity index (χ1v) is 10.4. The van der Waals surface area contributed by atoms with Gasteiger partial charge in [-0.15, -0.1) is 0 Å². The Balaban J connectivity index is 1.36. The molecule has 3 heterocycles. The summed E-state index contributed by atoms with van der Waals surface area (Å²) in [5.41, 5.74) is 0.604. The highest BCUT2D eigenvalue weighted by atomic mass is 16.5. The third-order valence-corrected chi connectivity index (χ3v) is 6.39. The normalized spacial score (nSPS) is 23.0. The molecule has 0 saturated carbocycles. The van der Waals surface area contributed by atoms with E-state index in [2.05, 4.69) is 5.32 Å². The Labute approximate surface area is 170 Å². The maximum atomic E-state index is 12.7. The molecule has 1 aromatic rings. The number of nitrogens with one attached hydrogen (secondary N) is 1. The molecule has 3 saturated heterocycles. The van der Waals surface area contributed by atoms with E-state index in [0.29, 0.717) is 50.6 Å². The zero-order valence-electron chi connectivity index (χ0n) is 17.0. The number of likely N-dealkylation sites (N-methyl/N-ethyl adjacent to an activating group) is 1. The maximum Gasteiger partial charge on any atom is 0.327 e. The van der Waals surface area contributed by atoms with Gasteiger partial charge in [0.05, 0.1) is 12.3 Å². The van der Waals surface area contributed by atoms with Crippen LogP contribution in [0, 0.1) is 5.41 Å². The van der Waals surface area contributed by atoms with Crippen LogP contribution in [-0.4, -0.2) is 71.5 Å². The lowest BCUT2D eigenvalue weighted by atomic mass is 9.76. The molecule has 0 radical (unpaired) electrons.